The first-order valence-corrected chi connectivity index (χ1v) is 7.57. The van der Waals surface area contributed by atoms with E-state index in [0.717, 1.165) is 3.57 Å². The largest absolute Gasteiger partial charge is 0.507 e. The van der Waals surface area contributed by atoms with Crippen molar-refractivity contribution < 1.29 is 9.90 Å². The van der Waals surface area contributed by atoms with Crippen LogP contribution in [0.3, 0.4) is 0 Å². The molecule has 1 aliphatic rings. The first-order chi connectivity index (χ1) is 8.52. The lowest BCUT2D eigenvalue weighted by Crippen LogP contribution is -2.27. The summed E-state index contributed by atoms with van der Waals surface area (Å²) in [4.78, 5) is 14.1. The summed E-state index contributed by atoms with van der Waals surface area (Å²) < 4.78 is 1.57. The van der Waals surface area contributed by atoms with Crippen molar-refractivity contribution in [2.24, 2.45) is 0 Å². The quantitative estimate of drug-likeness (QED) is 0.478. The number of thioether (sulfide) groups is 1. The van der Waals surface area contributed by atoms with Gasteiger partial charge in [-0.3, -0.25) is 9.69 Å². The van der Waals surface area contributed by atoms with Crippen LogP contribution in [0.4, 0.5) is 0 Å². The molecule has 18 heavy (non-hydrogen) atoms. The SMILES string of the molecule is CCN1C(=O)C(=Cc2cc(I)ccc2O)SC1=S. The molecule has 6 heteroatoms. The fourth-order valence-corrected chi connectivity index (χ4v) is 3.45. The number of likely N-dealkylation sites (N-methyl/N-ethyl adjacent to an activating group) is 1. The summed E-state index contributed by atoms with van der Waals surface area (Å²) in [6, 6.07) is 5.26. The molecule has 1 saturated heterocycles. The predicted molar refractivity (Wildman–Crippen MR) is 86.4 cm³/mol. The van der Waals surface area contributed by atoms with Crippen LogP contribution in [0, 0.1) is 3.57 Å². The highest BCUT2D eigenvalue weighted by Gasteiger charge is 2.30. The van der Waals surface area contributed by atoms with Gasteiger partial charge < -0.3 is 5.11 Å². The summed E-state index contributed by atoms with van der Waals surface area (Å²) in [5, 5.41) is 9.76. The van der Waals surface area contributed by atoms with E-state index in [4.69, 9.17) is 12.2 Å². The van der Waals surface area contributed by atoms with E-state index in [1.165, 1.54) is 11.8 Å². The molecule has 1 aromatic rings. The van der Waals surface area contributed by atoms with Crippen LogP contribution in [-0.4, -0.2) is 26.8 Å². The van der Waals surface area contributed by atoms with Gasteiger partial charge in [-0.2, -0.15) is 0 Å². The third-order valence-corrected chi connectivity index (χ3v) is 4.51. The number of hydrogen-bond acceptors (Lipinski definition) is 4. The summed E-state index contributed by atoms with van der Waals surface area (Å²) in [6.45, 7) is 2.46. The standard InChI is InChI=1S/C12H10INO2S2/c1-2-14-11(16)10(18-12(14)17)6-7-5-8(13)3-4-9(7)15/h3-6,15H,2H2,1H3. The van der Waals surface area contributed by atoms with Gasteiger partial charge in [-0.15, -0.1) is 0 Å². The van der Waals surface area contributed by atoms with E-state index in [1.54, 1.807) is 17.0 Å². The van der Waals surface area contributed by atoms with Gasteiger partial charge in [0.15, 0.2) is 0 Å². The maximum Gasteiger partial charge on any atom is 0.266 e. The van der Waals surface area contributed by atoms with Crippen molar-refractivity contribution in [1.29, 1.82) is 0 Å². The van der Waals surface area contributed by atoms with Crippen LogP contribution < -0.4 is 0 Å². The minimum Gasteiger partial charge on any atom is -0.507 e. The fraction of sp³-hybridized carbons (Fsp3) is 0.167. The number of carbonyl (C=O) groups is 1. The fourth-order valence-electron chi connectivity index (χ4n) is 1.55. The number of phenols is 1. The molecule has 0 unspecified atom stereocenters. The Kier molecular flexibility index (Phi) is 4.29. The first-order valence-electron chi connectivity index (χ1n) is 5.27. The van der Waals surface area contributed by atoms with Gasteiger partial charge in [0.05, 0.1) is 4.91 Å². The molecule has 1 aliphatic heterocycles. The number of amides is 1. The zero-order chi connectivity index (χ0) is 13.3. The van der Waals surface area contributed by atoms with Crippen molar-refractivity contribution in [2.75, 3.05) is 6.54 Å². The lowest BCUT2D eigenvalue weighted by atomic mass is 10.2. The van der Waals surface area contributed by atoms with Crippen LogP contribution in [0.2, 0.25) is 0 Å². The van der Waals surface area contributed by atoms with Gasteiger partial charge >= 0.3 is 0 Å². The monoisotopic (exact) mass is 391 g/mol. The number of carbonyl (C=O) groups excluding carboxylic acids is 1. The number of nitrogens with zero attached hydrogens (tertiary/aromatic N) is 1. The van der Waals surface area contributed by atoms with Crippen LogP contribution >= 0.6 is 46.6 Å². The summed E-state index contributed by atoms with van der Waals surface area (Å²) in [5.74, 6) is 0.0722. The molecule has 0 radical (unpaired) electrons. The van der Waals surface area contributed by atoms with Gasteiger partial charge in [0.1, 0.15) is 10.1 Å². The minimum atomic E-state index is -0.0919. The molecule has 0 bridgehead atoms. The maximum atomic E-state index is 12.0. The first kappa shape index (κ1) is 13.8. The molecule has 1 amide bonds. The smallest absolute Gasteiger partial charge is 0.266 e. The Balaban J connectivity index is 2.38. The van der Waals surface area contributed by atoms with E-state index in [2.05, 4.69) is 22.6 Å². The van der Waals surface area contributed by atoms with Gasteiger partial charge in [0, 0.05) is 15.7 Å². The topological polar surface area (TPSA) is 40.5 Å². The van der Waals surface area contributed by atoms with Gasteiger partial charge in [-0.1, -0.05) is 24.0 Å². The average molecular weight is 391 g/mol. The Hall–Kier alpha value is -0.600. The Labute approximate surface area is 128 Å². The van der Waals surface area contributed by atoms with Crippen LogP contribution in [0.5, 0.6) is 5.75 Å². The number of phenolic OH excluding ortho intramolecular Hbond substituents is 1. The van der Waals surface area contributed by atoms with E-state index in [0.29, 0.717) is 21.3 Å². The summed E-state index contributed by atoms with van der Waals surface area (Å²) in [7, 11) is 0. The van der Waals surface area contributed by atoms with Crippen LogP contribution in [-0.2, 0) is 4.79 Å². The second kappa shape index (κ2) is 5.58. The number of hydrogen-bond donors (Lipinski definition) is 1. The third-order valence-electron chi connectivity index (χ3n) is 2.47. The van der Waals surface area contributed by atoms with Crippen molar-refractivity contribution in [3.8, 4) is 5.75 Å². The number of aromatic hydroxyl groups is 1. The van der Waals surface area contributed by atoms with E-state index in [-0.39, 0.29) is 11.7 Å². The Morgan fingerprint density at radius 2 is 2.28 bits per heavy atom. The lowest BCUT2D eigenvalue weighted by Gasteiger charge is -2.09. The molecule has 2 rings (SSSR count). The molecule has 0 saturated carbocycles. The number of halogens is 1. The van der Waals surface area contributed by atoms with Crippen molar-refractivity contribution in [1.82, 2.24) is 4.90 Å². The minimum absolute atomic E-state index is 0.0919. The number of thiocarbonyl (C=S) groups is 1. The molecule has 0 spiro atoms. The van der Waals surface area contributed by atoms with Crippen LogP contribution in [0.1, 0.15) is 12.5 Å². The zero-order valence-electron chi connectivity index (χ0n) is 9.51. The van der Waals surface area contributed by atoms with E-state index < -0.39 is 0 Å². The molecule has 1 heterocycles. The molecule has 0 aliphatic carbocycles. The van der Waals surface area contributed by atoms with Crippen molar-refractivity contribution in [3.63, 3.8) is 0 Å². The Morgan fingerprint density at radius 1 is 1.56 bits per heavy atom. The van der Waals surface area contributed by atoms with Crippen molar-refractivity contribution in [2.45, 2.75) is 6.92 Å². The van der Waals surface area contributed by atoms with Gasteiger partial charge in [-0.25, -0.2) is 0 Å². The van der Waals surface area contributed by atoms with Crippen LogP contribution in [0.15, 0.2) is 23.1 Å². The number of rotatable bonds is 2. The predicted octanol–water partition coefficient (Wildman–Crippen LogP) is 3.22. The molecule has 1 fully saturated rings. The van der Waals surface area contributed by atoms with Gasteiger partial charge in [-0.05, 0) is 53.8 Å². The molecular weight excluding hydrogens is 381 g/mol. The summed E-state index contributed by atoms with van der Waals surface area (Å²) in [6.07, 6.45) is 1.69. The Morgan fingerprint density at radius 3 is 2.89 bits per heavy atom. The highest BCUT2D eigenvalue weighted by Crippen LogP contribution is 2.34. The van der Waals surface area contributed by atoms with Gasteiger partial charge in [0.25, 0.3) is 5.91 Å². The molecule has 94 valence electrons. The van der Waals surface area contributed by atoms with Crippen molar-refractivity contribution >= 4 is 62.9 Å². The highest BCUT2D eigenvalue weighted by atomic mass is 127. The molecule has 0 aromatic heterocycles. The lowest BCUT2D eigenvalue weighted by molar-refractivity contribution is -0.121. The van der Waals surface area contributed by atoms with E-state index in [9.17, 15) is 9.90 Å². The van der Waals surface area contributed by atoms with E-state index in [1.807, 2.05) is 19.1 Å². The maximum absolute atomic E-state index is 12.0. The third kappa shape index (κ3) is 2.70. The Bertz CT molecular complexity index is 557. The summed E-state index contributed by atoms with van der Waals surface area (Å²) >= 11 is 8.56. The second-order valence-electron chi connectivity index (χ2n) is 3.63. The van der Waals surface area contributed by atoms with Crippen molar-refractivity contribution in [3.05, 3.63) is 32.2 Å². The molecule has 3 nitrogen and oxygen atoms in total. The molecular formula is C12H10INO2S2. The highest BCUT2D eigenvalue weighted by molar-refractivity contribution is 14.1. The normalized spacial score (nSPS) is 17.9. The van der Waals surface area contributed by atoms with Crippen LogP contribution in [0.25, 0.3) is 6.08 Å². The van der Waals surface area contributed by atoms with E-state index >= 15 is 0 Å². The second-order valence-corrected chi connectivity index (χ2v) is 6.55. The number of benzene rings is 1. The zero-order valence-corrected chi connectivity index (χ0v) is 13.3. The summed E-state index contributed by atoms with van der Waals surface area (Å²) in [5.41, 5.74) is 0.638. The molecule has 1 aromatic carbocycles. The van der Waals surface area contributed by atoms with Gasteiger partial charge in [0.2, 0.25) is 0 Å². The molecule has 0 atom stereocenters. The molecule has 1 N–H and O–H groups in total. The average Bonchev–Trinajstić information content (AvgIpc) is 2.59.